The van der Waals surface area contributed by atoms with E-state index >= 15 is 0 Å². The van der Waals surface area contributed by atoms with Gasteiger partial charge in [0.15, 0.2) is 6.61 Å². The summed E-state index contributed by atoms with van der Waals surface area (Å²) in [5.74, 6) is -1.30. The molecule has 1 saturated heterocycles. The van der Waals surface area contributed by atoms with Crippen molar-refractivity contribution in [2.45, 2.75) is 0 Å². The Balaban J connectivity index is 1.70. The molecule has 0 atom stereocenters. The summed E-state index contributed by atoms with van der Waals surface area (Å²) < 4.78 is 11.4. The van der Waals surface area contributed by atoms with E-state index in [0.29, 0.717) is 37.7 Å². The van der Waals surface area contributed by atoms with Crippen molar-refractivity contribution in [3.63, 3.8) is 0 Å². The van der Waals surface area contributed by atoms with E-state index in [9.17, 15) is 19.7 Å². The van der Waals surface area contributed by atoms with Gasteiger partial charge in [0.25, 0.3) is 11.6 Å². The van der Waals surface area contributed by atoms with Crippen molar-refractivity contribution in [1.29, 1.82) is 0 Å². The highest BCUT2D eigenvalue weighted by atomic mass is 127. The van der Waals surface area contributed by atoms with Gasteiger partial charge in [-0.2, -0.15) is 0 Å². The molecule has 10 heteroatoms. The minimum absolute atomic E-state index is 0.0446. The summed E-state index contributed by atoms with van der Waals surface area (Å²) in [4.78, 5) is 37.1. The summed E-state index contributed by atoms with van der Waals surface area (Å²) in [6.07, 6.45) is 0. The Morgan fingerprint density at radius 1 is 1.17 bits per heavy atom. The second kappa shape index (κ2) is 9.65. The lowest BCUT2D eigenvalue weighted by Gasteiger charge is -2.30. The molecule has 0 spiro atoms. The quantitative estimate of drug-likeness (QED) is 0.275. The summed E-state index contributed by atoms with van der Waals surface area (Å²) in [6, 6.07) is 11.2. The molecule has 0 unspecified atom stereocenters. The van der Waals surface area contributed by atoms with Gasteiger partial charge in [-0.25, -0.2) is 4.79 Å². The number of nitrogens with one attached hydrogen (secondary N) is 1. The lowest BCUT2D eigenvalue weighted by atomic mass is 10.1. The van der Waals surface area contributed by atoms with E-state index in [0.717, 1.165) is 3.57 Å². The number of morpholine rings is 1. The van der Waals surface area contributed by atoms with Crippen LogP contribution in [0, 0.1) is 13.7 Å². The molecule has 9 nitrogen and oxygen atoms in total. The molecule has 2 aromatic carbocycles. The number of rotatable bonds is 6. The van der Waals surface area contributed by atoms with Crippen LogP contribution in [0.25, 0.3) is 0 Å². The number of benzene rings is 2. The first kappa shape index (κ1) is 21.0. The summed E-state index contributed by atoms with van der Waals surface area (Å²) in [7, 11) is 0. The molecule has 0 bridgehead atoms. The minimum Gasteiger partial charge on any atom is -0.452 e. The van der Waals surface area contributed by atoms with Gasteiger partial charge in [0.05, 0.1) is 29.4 Å². The highest BCUT2D eigenvalue weighted by Gasteiger charge is 2.23. The van der Waals surface area contributed by atoms with Gasteiger partial charge in [0, 0.05) is 34.5 Å². The number of nitrogens with zero attached hydrogens (tertiary/aromatic N) is 2. The van der Waals surface area contributed by atoms with Gasteiger partial charge >= 0.3 is 5.97 Å². The largest absolute Gasteiger partial charge is 0.452 e. The van der Waals surface area contributed by atoms with Crippen LogP contribution in [0.2, 0.25) is 0 Å². The van der Waals surface area contributed by atoms with E-state index in [4.69, 9.17) is 9.47 Å². The molecule has 152 valence electrons. The van der Waals surface area contributed by atoms with Crippen LogP contribution in [-0.4, -0.2) is 49.7 Å². The Hall–Kier alpha value is -2.73. The Bertz CT molecular complexity index is 913. The number of nitro benzene ring substituents is 1. The number of hydrogen-bond acceptors (Lipinski definition) is 7. The molecular weight excluding hydrogens is 493 g/mol. The molecule has 0 aliphatic carbocycles. The van der Waals surface area contributed by atoms with Crippen molar-refractivity contribution in [3.05, 3.63) is 61.7 Å². The smallest absolute Gasteiger partial charge is 0.341 e. The minimum atomic E-state index is -0.798. The predicted molar refractivity (Wildman–Crippen MR) is 114 cm³/mol. The van der Waals surface area contributed by atoms with E-state index in [1.54, 1.807) is 12.1 Å². The van der Waals surface area contributed by atoms with E-state index in [1.807, 2.05) is 17.0 Å². The first-order valence-electron chi connectivity index (χ1n) is 8.78. The molecule has 29 heavy (non-hydrogen) atoms. The zero-order valence-electron chi connectivity index (χ0n) is 15.3. The standard InChI is InChI=1S/C19H18IN3O6/c20-13-1-3-14(4-2-13)21-18(24)12-29-19(25)16-11-15(23(26)27)5-6-17(16)22-7-9-28-10-8-22/h1-6,11H,7-10,12H2,(H,21,24). The zero-order valence-corrected chi connectivity index (χ0v) is 17.5. The van der Waals surface area contributed by atoms with Gasteiger partial charge < -0.3 is 19.7 Å². The molecule has 0 saturated carbocycles. The monoisotopic (exact) mass is 511 g/mol. The second-order valence-corrected chi connectivity index (χ2v) is 7.43. The normalized spacial score (nSPS) is 13.6. The summed E-state index contributed by atoms with van der Waals surface area (Å²) in [5, 5.41) is 13.7. The Kier molecular flexibility index (Phi) is 6.99. The maximum absolute atomic E-state index is 12.6. The van der Waals surface area contributed by atoms with Crippen LogP contribution < -0.4 is 10.2 Å². The predicted octanol–water partition coefficient (Wildman–Crippen LogP) is 2.83. The Morgan fingerprint density at radius 2 is 1.86 bits per heavy atom. The number of halogens is 1. The SMILES string of the molecule is O=C(COC(=O)c1cc([N+](=O)[O-])ccc1N1CCOCC1)Nc1ccc(I)cc1. The van der Waals surface area contributed by atoms with Crippen LogP contribution in [0.5, 0.6) is 0 Å². The second-order valence-electron chi connectivity index (χ2n) is 6.19. The lowest BCUT2D eigenvalue weighted by Crippen LogP contribution is -2.37. The average Bonchev–Trinajstić information content (AvgIpc) is 2.74. The molecular formula is C19H18IN3O6. The van der Waals surface area contributed by atoms with Gasteiger partial charge in [-0.15, -0.1) is 0 Å². The molecule has 1 heterocycles. The Labute approximate surface area is 180 Å². The summed E-state index contributed by atoms with van der Waals surface area (Å²) in [5.41, 5.74) is 0.915. The van der Waals surface area contributed by atoms with Crippen LogP contribution in [-0.2, 0) is 14.3 Å². The number of anilines is 2. The molecule has 3 rings (SSSR count). The van der Waals surface area contributed by atoms with Crippen molar-refractivity contribution >= 4 is 51.5 Å². The summed E-state index contributed by atoms with van der Waals surface area (Å²) in [6.45, 7) is 1.57. The van der Waals surface area contributed by atoms with Crippen molar-refractivity contribution in [2.24, 2.45) is 0 Å². The third-order valence-corrected chi connectivity index (χ3v) is 4.94. The van der Waals surface area contributed by atoms with Crippen LogP contribution >= 0.6 is 22.6 Å². The third kappa shape index (κ3) is 5.64. The van der Waals surface area contributed by atoms with Gasteiger partial charge in [0.1, 0.15) is 0 Å². The summed E-state index contributed by atoms with van der Waals surface area (Å²) >= 11 is 2.15. The first-order chi connectivity index (χ1) is 13.9. The molecule has 1 aliphatic heterocycles. The first-order valence-corrected chi connectivity index (χ1v) is 9.85. The van der Waals surface area contributed by atoms with E-state index in [1.165, 1.54) is 18.2 Å². The molecule has 0 aromatic heterocycles. The van der Waals surface area contributed by atoms with E-state index in [2.05, 4.69) is 27.9 Å². The van der Waals surface area contributed by atoms with Crippen molar-refractivity contribution in [2.75, 3.05) is 43.1 Å². The van der Waals surface area contributed by atoms with Gasteiger partial charge in [-0.1, -0.05) is 0 Å². The van der Waals surface area contributed by atoms with E-state index in [-0.39, 0.29) is 11.3 Å². The lowest BCUT2D eigenvalue weighted by molar-refractivity contribution is -0.384. The number of ether oxygens (including phenoxy) is 2. The topological polar surface area (TPSA) is 111 Å². The molecule has 1 N–H and O–H groups in total. The van der Waals surface area contributed by atoms with E-state index < -0.39 is 23.4 Å². The number of carbonyl (C=O) groups excluding carboxylic acids is 2. The average molecular weight is 511 g/mol. The maximum atomic E-state index is 12.6. The fourth-order valence-electron chi connectivity index (χ4n) is 2.82. The van der Waals surface area contributed by atoms with Crippen LogP contribution in [0.3, 0.4) is 0 Å². The molecule has 1 amide bonds. The number of esters is 1. The highest BCUT2D eigenvalue weighted by Crippen LogP contribution is 2.27. The van der Waals surface area contributed by atoms with Crippen LogP contribution in [0.15, 0.2) is 42.5 Å². The number of hydrogen-bond donors (Lipinski definition) is 1. The molecule has 0 radical (unpaired) electrons. The van der Waals surface area contributed by atoms with Crippen molar-refractivity contribution in [3.8, 4) is 0 Å². The maximum Gasteiger partial charge on any atom is 0.341 e. The Morgan fingerprint density at radius 3 is 2.52 bits per heavy atom. The highest BCUT2D eigenvalue weighted by molar-refractivity contribution is 14.1. The molecule has 1 fully saturated rings. The third-order valence-electron chi connectivity index (χ3n) is 4.22. The van der Waals surface area contributed by atoms with Gasteiger partial charge in [-0.3, -0.25) is 14.9 Å². The fourth-order valence-corrected chi connectivity index (χ4v) is 3.18. The zero-order chi connectivity index (χ0) is 20.8. The van der Waals surface area contributed by atoms with Crippen molar-refractivity contribution in [1.82, 2.24) is 0 Å². The van der Waals surface area contributed by atoms with Gasteiger partial charge in [-0.05, 0) is 52.9 Å². The number of non-ortho nitro benzene ring substituents is 1. The van der Waals surface area contributed by atoms with Gasteiger partial charge in [0.2, 0.25) is 0 Å². The van der Waals surface area contributed by atoms with Crippen molar-refractivity contribution < 1.29 is 24.0 Å². The number of amides is 1. The molecule has 1 aliphatic rings. The molecule has 2 aromatic rings. The van der Waals surface area contributed by atoms with Crippen LogP contribution in [0.1, 0.15) is 10.4 Å². The van der Waals surface area contributed by atoms with Crippen LogP contribution in [0.4, 0.5) is 17.1 Å². The number of nitro groups is 1. The number of carbonyl (C=O) groups is 2. The fraction of sp³-hybridized carbons (Fsp3) is 0.263.